The summed E-state index contributed by atoms with van der Waals surface area (Å²) in [6.07, 6.45) is 2.72. The number of hydrogen-bond acceptors (Lipinski definition) is 6. The van der Waals surface area contributed by atoms with Crippen molar-refractivity contribution in [1.29, 1.82) is 0 Å². The van der Waals surface area contributed by atoms with E-state index in [0.29, 0.717) is 22.8 Å². The third-order valence-corrected chi connectivity index (χ3v) is 5.59. The van der Waals surface area contributed by atoms with Crippen molar-refractivity contribution in [3.63, 3.8) is 0 Å². The van der Waals surface area contributed by atoms with Crippen LogP contribution in [0.5, 0.6) is 17.2 Å². The Morgan fingerprint density at radius 2 is 1.93 bits per heavy atom. The zero-order valence-corrected chi connectivity index (χ0v) is 18.2. The maximum atomic E-state index is 10.5. The van der Waals surface area contributed by atoms with Crippen molar-refractivity contribution in [2.75, 3.05) is 7.11 Å². The Balaban J connectivity index is 2.03. The lowest BCUT2D eigenvalue weighted by Crippen LogP contribution is -2.03. The van der Waals surface area contributed by atoms with Gasteiger partial charge in [0.15, 0.2) is 11.5 Å². The fourth-order valence-corrected chi connectivity index (χ4v) is 4.01. The van der Waals surface area contributed by atoms with Gasteiger partial charge in [-0.05, 0) is 56.2 Å². The Bertz CT molecular complexity index is 1240. The zero-order valence-electron chi connectivity index (χ0n) is 17.3. The highest BCUT2D eigenvalue weighted by Gasteiger charge is 2.23. The van der Waals surface area contributed by atoms with E-state index in [4.69, 9.17) is 4.74 Å². The molecule has 2 heterocycles. The first-order valence-electron chi connectivity index (χ1n) is 9.75. The molecule has 8 heteroatoms. The van der Waals surface area contributed by atoms with Gasteiger partial charge in [-0.2, -0.15) is 0 Å². The summed E-state index contributed by atoms with van der Waals surface area (Å²) in [5, 5.41) is 30.4. The minimum atomic E-state index is -0.254. The van der Waals surface area contributed by atoms with Gasteiger partial charge in [0.05, 0.1) is 12.6 Å². The molecule has 4 rings (SSSR count). The summed E-state index contributed by atoms with van der Waals surface area (Å²) >= 11 is 4.53. The maximum absolute atomic E-state index is 10.5. The van der Waals surface area contributed by atoms with Crippen LogP contribution in [0.2, 0.25) is 0 Å². The third kappa shape index (κ3) is 3.08. The first kappa shape index (κ1) is 20.2. The number of fused-ring (bicyclic) bond motifs is 1. The number of methoxy groups -OCH3 is 1. The highest BCUT2D eigenvalue weighted by molar-refractivity contribution is 7.80. The summed E-state index contributed by atoms with van der Waals surface area (Å²) in [6, 6.07) is 9.44. The highest BCUT2D eigenvalue weighted by Crippen LogP contribution is 2.41. The molecule has 0 saturated heterocycles. The molecule has 0 spiro atoms. The SMILES string of the molecule is CCc1cc(O)c(O)c(-n2nnc(S)c2-c2ccc(OC)c3c2ccn3C(C)C)c1. The lowest BCUT2D eigenvalue weighted by molar-refractivity contribution is 0.400. The molecule has 0 aliphatic carbocycles. The van der Waals surface area contributed by atoms with Crippen LogP contribution >= 0.6 is 12.6 Å². The van der Waals surface area contributed by atoms with E-state index < -0.39 is 0 Å². The first-order chi connectivity index (χ1) is 14.4. The van der Waals surface area contributed by atoms with Crippen molar-refractivity contribution in [2.24, 2.45) is 0 Å². The smallest absolute Gasteiger partial charge is 0.183 e. The lowest BCUT2D eigenvalue weighted by Gasteiger charge is -2.15. The van der Waals surface area contributed by atoms with E-state index in [9.17, 15) is 10.2 Å². The molecule has 0 unspecified atom stereocenters. The number of aromatic hydroxyl groups is 2. The van der Waals surface area contributed by atoms with Gasteiger partial charge in [-0.25, -0.2) is 4.68 Å². The minimum absolute atomic E-state index is 0.197. The van der Waals surface area contributed by atoms with E-state index in [1.165, 1.54) is 4.68 Å². The van der Waals surface area contributed by atoms with Crippen LogP contribution in [0.15, 0.2) is 41.6 Å². The molecule has 2 aromatic heterocycles. The number of hydrogen-bond donors (Lipinski definition) is 3. The Labute approximate surface area is 179 Å². The van der Waals surface area contributed by atoms with Crippen molar-refractivity contribution < 1.29 is 14.9 Å². The van der Waals surface area contributed by atoms with Crippen molar-refractivity contribution in [3.8, 4) is 34.2 Å². The van der Waals surface area contributed by atoms with E-state index >= 15 is 0 Å². The molecular formula is C22H24N4O3S. The number of aromatic nitrogens is 4. The molecule has 0 aliphatic rings. The standard InChI is InChI=1S/C22H24N4O3S/c1-5-13-10-16(21(28)17(27)11-13)26-20(22(30)23-24-26)14-6-7-18(29-4)19-15(14)8-9-25(19)12(2)3/h6-12,27-28,30H,5H2,1-4H3. The molecular weight excluding hydrogens is 400 g/mol. The summed E-state index contributed by atoms with van der Waals surface area (Å²) in [7, 11) is 1.65. The number of nitrogens with zero attached hydrogens (tertiary/aromatic N) is 4. The molecule has 0 amide bonds. The normalized spacial score (nSPS) is 11.5. The predicted octanol–water partition coefficient (Wildman–Crippen LogP) is 4.74. The fraction of sp³-hybridized carbons (Fsp3) is 0.273. The topological polar surface area (TPSA) is 85.3 Å². The van der Waals surface area contributed by atoms with Crippen LogP contribution in [0, 0.1) is 0 Å². The first-order valence-corrected chi connectivity index (χ1v) is 10.2. The van der Waals surface area contributed by atoms with E-state index in [0.717, 1.165) is 27.8 Å². The zero-order chi connectivity index (χ0) is 21.6. The number of ether oxygens (including phenoxy) is 1. The second-order valence-corrected chi connectivity index (χ2v) is 7.83. The average molecular weight is 425 g/mol. The molecule has 0 aliphatic heterocycles. The molecule has 0 saturated carbocycles. The summed E-state index contributed by atoms with van der Waals surface area (Å²) in [5.74, 6) is 0.314. The number of benzene rings is 2. The van der Waals surface area contributed by atoms with Gasteiger partial charge in [0.2, 0.25) is 0 Å². The van der Waals surface area contributed by atoms with Crippen LogP contribution in [-0.2, 0) is 6.42 Å². The Hall–Kier alpha value is -3.13. The van der Waals surface area contributed by atoms with Gasteiger partial charge in [0, 0.05) is 23.2 Å². The molecule has 0 bridgehead atoms. The van der Waals surface area contributed by atoms with Gasteiger partial charge in [-0.3, -0.25) is 0 Å². The lowest BCUT2D eigenvalue weighted by atomic mass is 10.1. The van der Waals surface area contributed by atoms with Crippen molar-refractivity contribution in [1.82, 2.24) is 19.6 Å². The highest BCUT2D eigenvalue weighted by atomic mass is 32.1. The average Bonchev–Trinajstić information content (AvgIpc) is 3.33. The predicted molar refractivity (Wildman–Crippen MR) is 119 cm³/mol. The Kier molecular flexibility index (Phi) is 5.11. The van der Waals surface area contributed by atoms with Crippen LogP contribution < -0.4 is 4.74 Å². The van der Waals surface area contributed by atoms with Crippen LogP contribution in [0.4, 0.5) is 0 Å². The van der Waals surface area contributed by atoms with Crippen LogP contribution in [-0.4, -0.2) is 36.9 Å². The summed E-state index contributed by atoms with van der Waals surface area (Å²) in [6.45, 7) is 6.19. The van der Waals surface area contributed by atoms with E-state index in [1.54, 1.807) is 19.2 Å². The van der Waals surface area contributed by atoms with Crippen LogP contribution in [0.25, 0.3) is 27.8 Å². The van der Waals surface area contributed by atoms with E-state index in [2.05, 4.69) is 41.4 Å². The fourth-order valence-electron chi connectivity index (χ4n) is 3.76. The van der Waals surface area contributed by atoms with Gasteiger partial charge in [-0.15, -0.1) is 17.7 Å². The molecule has 30 heavy (non-hydrogen) atoms. The van der Waals surface area contributed by atoms with Gasteiger partial charge in [-0.1, -0.05) is 12.1 Å². The quantitative estimate of drug-likeness (QED) is 0.318. The van der Waals surface area contributed by atoms with Gasteiger partial charge in [0.1, 0.15) is 22.2 Å². The molecule has 0 fully saturated rings. The van der Waals surface area contributed by atoms with Gasteiger partial charge < -0.3 is 19.5 Å². The molecule has 2 N–H and O–H groups in total. The Morgan fingerprint density at radius 3 is 2.60 bits per heavy atom. The molecule has 156 valence electrons. The summed E-state index contributed by atoms with van der Waals surface area (Å²) in [5.41, 5.74) is 3.64. The van der Waals surface area contributed by atoms with Crippen molar-refractivity contribution in [2.45, 2.75) is 38.3 Å². The number of rotatable bonds is 5. The molecule has 0 atom stereocenters. The molecule has 0 radical (unpaired) electrons. The number of phenolic OH excluding ortho intramolecular Hbond substituents is 2. The second kappa shape index (κ2) is 7.60. The third-order valence-electron chi connectivity index (χ3n) is 5.29. The second-order valence-electron chi connectivity index (χ2n) is 7.40. The monoisotopic (exact) mass is 424 g/mol. The number of phenols is 2. The molecule has 2 aromatic carbocycles. The summed E-state index contributed by atoms with van der Waals surface area (Å²) in [4.78, 5) is 0. The summed E-state index contributed by atoms with van der Waals surface area (Å²) < 4.78 is 9.27. The molecule has 4 aromatic rings. The molecule has 7 nitrogen and oxygen atoms in total. The van der Waals surface area contributed by atoms with Gasteiger partial charge in [0.25, 0.3) is 0 Å². The minimum Gasteiger partial charge on any atom is -0.504 e. The Morgan fingerprint density at radius 1 is 1.17 bits per heavy atom. The van der Waals surface area contributed by atoms with Crippen LogP contribution in [0.1, 0.15) is 32.4 Å². The maximum Gasteiger partial charge on any atom is 0.183 e. The number of thiol groups is 1. The van der Waals surface area contributed by atoms with Crippen molar-refractivity contribution in [3.05, 3.63) is 42.1 Å². The largest absolute Gasteiger partial charge is 0.504 e. The van der Waals surface area contributed by atoms with E-state index in [-0.39, 0.29) is 17.5 Å². The van der Waals surface area contributed by atoms with Crippen molar-refractivity contribution >= 4 is 23.5 Å². The van der Waals surface area contributed by atoms with Gasteiger partial charge >= 0.3 is 0 Å². The number of aryl methyl sites for hydroxylation is 1. The van der Waals surface area contributed by atoms with E-state index in [1.807, 2.05) is 31.3 Å². The van der Waals surface area contributed by atoms with Crippen LogP contribution in [0.3, 0.4) is 0 Å².